The van der Waals surface area contributed by atoms with E-state index >= 15 is 0 Å². The summed E-state index contributed by atoms with van der Waals surface area (Å²) in [7, 11) is 0. The van der Waals surface area contributed by atoms with Crippen molar-refractivity contribution in [2.45, 2.75) is 32.3 Å². The molecule has 1 aromatic rings. The molecule has 0 spiro atoms. The summed E-state index contributed by atoms with van der Waals surface area (Å²) in [6, 6.07) is 10.6. The minimum Gasteiger partial charge on any atom is -0.453 e. The fourth-order valence-electron chi connectivity index (χ4n) is 1.82. The summed E-state index contributed by atoms with van der Waals surface area (Å²) in [5.41, 5.74) is -1.08. The van der Waals surface area contributed by atoms with Gasteiger partial charge < -0.3 is 14.2 Å². The topological polar surface area (TPSA) is 94.9 Å². The van der Waals surface area contributed by atoms with Crippen LogP contribution in [0.4, 0.5) is 0 Å². The van der Waals surface area contributed by atoms with Gasteiger partial charge in [-0.25, -0.2) is 4.79 Å². The molecule has 2 atom stereocenters. The highest BCUT2D eigenvalue weighted by Crippen LogP contribution is 2.45. The first-order chi connectivity index (χ1) is 12.1. The zero-order chi connectivity index (χ0) is 18.1. The average molecular weight is 343 g/mol. The molecular weight excluding hydrogens is 326 g/mol. The van der Waals surface area contributed by atoms with Crippen molar-refractivity contribution in [2.75, 3.05) is 6.61 Å². The van der Waals surface area contributed by atoms with E-state index in [-0.39, 0.29) is 6.61 Å². The summed E-state index contributed by atoms with van der Waals surface area (Å²) in [4.78, 5) is 22.7. The minimum absolute atomic E-state index is 0.258. The number of nitrogens with zero attached hydrogens (tertiary/aromatic N) is 1. The van der Waals surface area contributed by atoms with Crippen molar-refractivity contribution in [3.05, 3.63) is 30.3 Å². The first kappa shape index (κ1) is 18.5. The van der Waals surface area contributed by atoms with Crippen molar-refractivity contribution in [2.24, 2.45) is 5.41 Å². The molecule has 0 radical (unpaired) electrons. The fourth-order valence-corrected chi connectivity index (χ4v) is 1.82. The van der Waals surface area contributed by atoms with Crippen LogP contribution < -0.4 is 4.74 Å². The van der Waals surface area contributed by atoms with Crippen LogP contribution in [0.5, 0.6) is 5.75 Å². The lowest BCUT2D eigenvalue weighted by atomic mass is 10.1. The van der Waals surface area contributed by atoms with Crippen LogP contribution in [-0.2, 0) is 23.8 Å². The SMILES string of the molecule is CCO[C@H](C=O)O[C@@H](C#COC(=O)C1(C#N)CC1)Oc1ccccc1. The monoisotopic (exact) mass is 343 g/mol. The number of hydrogen-bond acceptors (Lipinski definition) is 7. The molecule has 1 aliphatic carbocycles. The molecule has 0 N–H and O–H groups in total. The third kappa shape index (κ3) is 5.32. The maximum atomic E-state index is 11.8. The van der Waals surface area contributed by atoms with E-state index in [2.05, 4.69) is 12.0 Å². The van der Waals surface area contributed by atoms with Crippen molar-refractivity contribution in [1.82, 2.24) is 0 Å². The number of hydrogen-bond donors (Lipinski definition) is 0. The third-order valence-electron chi connectivity index (χ3n) is 3.36. The van der Waals surface area contributed by atoms with Crippen LogP contribution in [0, 0.1) is 28.8 Å². The lowest BCUT2D eigenvalue weighted by molar-refractivity contribution is -0.191. The van der Waals surface area contributed by atoms with Gasteiger partial charge in [0.1, 0.15) is 11.9 Å². The molecule has 0 aliphatic heterocycles. The molecule has 1 aromatic carbocycles. The molecule has 130 valence electrons. The normalized spacial score (nSPS) is 16.3. The van der Waals surface area contributed by atoms with E-state index in [1.807, 2.05) is 12.1 Å². The summed E-state index contributed by atoms with van der Waals surface area (Å²) in [5, 5.41) is 8.94. The molecule has 2 rings (SSSR count). The molecule has 7 nitrogen and oxygen atoms in total. The van der Waals surface area contributed by atoms with Gasteiger partial charge in [-0.3, -0.25) is 9.53 Å². The average Bonchev–Trinajstić information content (AvgIpc) is 3.43. The van der Waals surface area contributed by atoms with E-state index in [0.717, 1.165) is 0 Å². The number of benzene rings is 1. The second-order valence-corrected chi connectivity index (χ2v) is 5.19. The van der Waals surface area contributed by atoms with Gasteiger partial charge in [0.15, 0.2) is 11.7 Å². The van der Waals surface area contributed by atoms with E-state index in [9.17, 15) is 9.59 Å². The lowest BCUT2D eigenvalue weighted by Gasteiger charge is -2.18. The Labute approximate surface area is 145 Å². The minimum atomic E-state index is -1.20. The standard InChI is InChI=1S/C18H17NO6/c1-2-22-16(12-20)25-15(24-14-6-4-3-5-7-14)8-11-23-17(21)18(13-19)9-10-18/h3-7,12,15-16H,2,9-10H2,1H3/t15-,16-/m0/s1. The van der Waals surface area contributed by atoms with Crippen LogP contribution in [0.2, 0.25) is 0 Å². The Balaban J connectivity index is 2.03. The van der Waals surface area contributed by atoms with Gasteiger partial charge in [-0.15, -0.1) is 0 Å². The van der Waals surface area contributed by atoms with Gasteiger partial charge in [0.2, 0.25) is 6.29 Å². The van der Waals surface area contributed by atoms with Gasteiger partial charge in [0.05, 0.1) is 6.07 Å². The summed E-state index contributed by atoms with van der Waals surface area (Å²) < 4.78 is 20.7. The highest BCUT2D eigenvalue weighted by Gasteiger charge is 2.52. The number of ether oxygens (including phenoxy) is 4. The van der Waals surface area contributed by atoms with Gasteiger partial charge in [0.25, 0.3) is 6.29 Å². The molecule has 7 heteroatoms. The van der Waals surface area contributed by atoms with Crippen LogP contribution in [0.25, 0.3) is 0 Å². The molecule has 0 unspecified atom stereocenters. The van der Waals surface area contributed by atoms with Crippen molar-refractivity contribution < 1.29 is 28.5 Å². The number of rotatable bonds is 8. The van der Waals surface area contributed by atoms with Gasteiger partial charge in [-0.1, -0.05) is 18.2 Å². The molecule has 0 amide bonds. The van der Waals surface area contributed by atoms with Crippen LogP contribution >= 0.6 is 0 Å². The Bertz CT molecular complexity index is 696. The molecule has 1 saturated carbocycles. The zero-order valence-electron chi connectivity index (χ0n) is 13.6. The van der Waals surface area contributed by atoms with Crippen molar-refractivity contribution in [1.29, 1.82) is 5.26 Å². The van der Waals surface area contributed by atoms with E-state index in [4.69, 9.17) is 24.2 Å². The van der Waals surface area contributed by atoms with Crippen molar-refractivity contribution in [3.63, 3.8) is 0 Å². The van der Waals surface area contributed by atoms with Gasteiger partial charge in [0, 0.05) is 12.5 Å². The maximum Gasteiger partial charge on any atom is 0.340 e. The second-order valence-electron chi connectivity index (χ2n) is 5.19. The van der Waals surface area contributed by atoms with Gasteiger partial charge in [-0.05, 0) is 31.9 Å². The van der Waals surface area contributed by atoms with E-state index in [0.29, 0.717) is 24.9 Å². The molecule has 0 saturated heterocycles. The fraction of sp³-hybridized carbons (Fsp3) is 0.389. The summed E-state index contributed by atoms with van der Waals surface area (Å²) in [5.74, 6) is 2.21. The molecule has 1 aliphatic rings. The Hall–Kier alpha value is -2.87. The lowest BCUT2D eigenvalue weighted by Crippen LogP contribution is -2.29. The zero-order valence-corrected chi connectivity index (χ0v) is 13.6. The highest BCUT2D eigenvalue weighted by molar-refractivity contribution is 5.83. The van der Waals surface area contributed by atoms with Crippen LogP contribution in [-0.4, -0.2) is 31.4 Å². The van der Waals surface area contributed by atoms with Crippen molar-refractivity contribution >= 4 is 12.3 Å². The summed E-state index contributed by atoms with van der Waals surface area (Å²) in [6.07, 6.45) is 1.20. The Morgan fingerprint density at radius 3 is 2.64 bits per heavy atom. The Morgan fingerprint density at radius 1 is 1.36 bits per heavy atom. The van der Waals surface area contributed by atoms with Crippen LogP contribution in [0.15, 0.2) is 30.3 Å². The molecule has 25 heavy (non-hydrogen) atoms. The predicted octanol–water partition coefficient (Wildman–Crippen LogP) is 1.78. The number of esters is 1. The predicted molar refractivity (Wildman–Crippen MR) is 84.6 cm³/mol. The second kappa shape index (κ2) is 8.84. The molecular formula is C18H17NO6. The summed E-state index contributed by atoms with van der Waals surface area (Å²) >= 11 is 0. The highest BCUT2D eigenvalue weighted by atomic mass is 16.8. The number of nitriles is 1. The number of carbonyl (C=O) groups is 2. The maximum absolute atomic E-state index is 11.8. The van der Waals surface area contributed by atoms with E-state index in [1.165, 1.54) is 0 Å². The first-order valence-corrected chi connectivity index (χ1v) is 7.70. The molecule has 0 aromatic heterocycles. The Morgan fingerprint density at radius 2 is 2.08 bits per heavy atom. The summed E-state index contributed by atoms with van der Waals surface area (Å²) in [6.45, 7) is 1.96. The first-order valence-electron chi connectivity index (χ1n) is 7.70. The number of aldehydes is 1. The van der Waals surface area contributed by atoms with E-state index in [1.54, 1.807) is 31.2 Å². The molecule has 0 bridgehead atoms. The Kier molecular flexibility index (Phi) is 6.53. The number of carbonyl (C=O) groups excluding carboxylic acids is 2. The third-order valence-corrected chi connectivity index (χ3v) is 3.36. The number of para-hydroxylation sites is 1. The quantitative estimate of drug-likeness (QED) is 0.307. The van der Waals surface area contributed by atoms with Crippen molar-refractivity contribution in [3.8, 4) is 23.8 Å². The smallest absolute Gasteiger partial charge is 0.340 e. The molecule has 1 fully saturated rings. The molecule has 0 heterocycles. The van der Waals surface area contributed by atoms with Gasteiger partial charge in [-0.2, -0.15) is 5.26 Å². The largest absolute Gasteiger partial charge is 0.453 e. The van der Waals surface area contributed by atoms with Gasteiger partial charge >= 0.3 is 5.97 Å². The van der Waals surface area contributed by atoms with E-state index < -0.39 is 24.0 Å². The van der Waals surface area contributed by atoms with Crippen LogP contribution in [0.1, 0.15) is 19.8 Å². The van der Waals surface area contributed by atoms with Crippen LogP contribution in [0.3, 0.4) is 0 Å².